The van der Waals surface area contributed by atoms with Crippen LogP contribution in [-0.2, 0) is 27.8 Å². The Kier molecular flexibility index (Phi) is 5.37. The van der Waals surface area contributed by atoms with Gasteiger partial charge in [-0.05, 0) is 42.5 Å². The van der Waals surface area contributed by atoms with E-state index in [-0.39, 0.29) is 17.6 Å². The number of aryl methyl sites for hydroxylation is 1. The van der Waals surface area contributed by atoms with Gasteiger partial charge in [-0.2, -0.15) is 4.31 Å². The molecular weight excluding hydrogens is 290 g/mol. The summed E-state index contributed by atoms with van der Waals surface area (Å²) in [5.41, 5.74) is 1.64. The first-order valence-corrected chi connectivity index (χ1v) is 8.73. The van der Waals surface area contributed by atoms with Crippen LogP contribution in [0.1, 0.15) is 30.9 Å². The number of hydrogen-bond donors (Lipinski definition) is 1. The summed E-state index contributed by atoms with van der Waals surface area (Å²) < 4.78 is 32.0. The molecule has 1 aromatic rings. The Labute approximate surface area is 126 Å². The van der Waals surface area contributed by atoms with Gasteiger partial charge in [-0.25, -0.2) is 8.42 Å². The van der Waals surface area contributed by atoms with E-state index in [4.69, 9.17) is 4.74 Å². The Bertz CT molecular complexity index is 579. The minimum absolute atomic E-state index is 0.0167. The van der Waals surface area contributed by atoms with Crippen molar-refractivity contribution in [2.24, 2.45) is 0 Å². The maximum Gasteiger partial charge on any atom is 0.242 e. The van der Waals surface area contributed by atoms with Crippen LogP contribution < -0.4 is 0 Å². The lowest BCUT2D eigenvalue weighted by molar-refractivity contribution is 0.0979. The molecule has 1 unspecified atom stereocenters. The predicted molar refractivity (Wildman–Crippen MR) is 80.5 cm³/mol. The standard InChI is InChI=1S/C15H23NO4S/c1-3-12-6-7-15(9-13(12)11-17)21(18,19)16(2)10-14-5-4-8-20-14/h6-7,9,14,17H,3-5,8,10-11H2,1-2H3. The third-order valence-corrected chi connectivity index (χ3v) is 5.74. The highest BCUT2D eigenvalue weighted by Crippen LogP contribution is 2.21. The third kappa shape index (κ3) is 3.63. The molecule has 1 saturated heterocycles. The van der Waals surface area contributed by atoms with Gasteiger partial charge in [0.25, 0.3) is 0 Å². The van der Waals surface area contributed by atoms with Crippen LogP contribution in [0.3, 0.4) is 0 Å². The molecule has 1 aliphatic rings. The number of aliphatic hydroxyl groups is 1. The normalized spacial score (nSPS) is 19.3. The summed E-state index contributed by atoms with van der Waals surface area (Å²) in [6.45, 7) is 2.90. The van der Waals surface area contributed by atoms with Crippen LogP contribution in [0.2, 0.25) is 0 Å². The second-order valence-corrected chi connectivity index (χ2v) is 7.41. The number of aliphatic hydroxyl groups excluding tert-OH is 1. The van der Waals surface area contributed by atoms with Gasteiger partial charge in [0.05, 0.1) is 17.6 Å². The van der Waals surface area contributed by atoms with E-state index >= 15 is 0 Å². The molecule has 6 heteroatoms. The van der Waals surface area contributed by atoms with Gasteiger partial charge in [-0.15, -0.1) is 0 Å². The van der Waals surface area contributed by atoms with Crippen LogP contribution in [0.5, 0.6) is 0 Å². The summed E-state index contributed by atoms with van der Waals surface area (Å²) in [7, 11) is -1.97. The highest BCUT2D eigenvalue weighted by Gasteiger charge is 2.26. The van der Waals surface area contributed by atoms with Crippen molar-refractivity contribution in [3.63, 3.8) is 0 Å². The summed E-state index contributed by atoms with van der Waals surface area (Å²) in [5, 5.41) is 9.38. The van der Waals surface area contributed by atoms with E-state index in [0.717, 1.165) is 24.8 Å². The zero-order valence-electron chi connectivity index (χ0n) is 12.6. The van der Waals surface area contributed by atoms with Gasteiger partial charge in [-0.3, -0.25) is 0 Å². The molecule has 1 heterocycles. The van der Waals surface area contributed by atoms with Crippen molar-refractivity contribution in [3.8, 4) is 0 Å². The van der Waals surface area contributed by atoms with Gasteiger partial charge in [-0.1, -0.05) is 13.0 Å². The molecule has 1 aromatic carbocycles. The van der Waals surface area contributed by atoms with E-state index in [1.165, 1.54) is 4.31 Å². The van der Waals surface area contributed by atoms with Gasteiger partial charge >= 0.3 is 0 Å². The number of likely N-dealkylation sites (N-methyl/N-ethyl adjacent to an activating group) is 1. The molecule has 0 aliphatic carbocycles. The van der Waals surface area contributed by atoms with Crippen LogP contribution in [0.4, 0.5) is 0 Å². The lowest BCUT2D eigenvalue weighted by atomic mass is 10.1. The first-order chi connectivity index (χ1) is 9.98. The Hall–Kier alpha value is -0.950. The molecule has 0 aromatic heterocycles. The Morgan fingerprint density at radius 2 is 2.14 bits per heavy atom. The third-order valence-electron chi connectivity index (χ3n) is 3.92. The number of sulfonamides is 1. The van der Waals surface area contributed by atoms with E-state index in [0.29, 0.717) is 18.7 Å². The summed E-state index contributed by atoms with van der Waals surface area (Å²) in [5.74, 6) is 0. The predicted octanol–water partition coefficient (Wildman–Crippen LogP) is 1.54. The number of hydrogen-bond acceptors (Lipinski definition) is 4. The van der Waals surface area contributed by atoms with Gasteiger partial charge in [0.1, 0.15) is 0 Å². The molecule has 0 radical (unpaired) electrons. The van der Waals surface area contributed by atoms with Crippen LogP contribution in [-0.4, -0.2) is 44.1 Å². The topological polar surface area (TPSA) is 66.8 Å². The first kappa shape index (κ1) is 16.4. The fraction of sp³-hybridized carbons (Fsp3) is 0.600. The van der Waals surface area contributed by atoms with Crippen molar-refractivity contribution in [1.82, 2.24) is 4.31 Å². The fourth-order valence-electron chi connectivity index (χ4n) is 2.61. The summed E-state index contributed by atoms with van der Waals surface area (Å²) >= 11 is 0. The smallest absolute Gasteiger partial charge is 0.242 e. The van der Waals surface area contributed by atoms with E-state index in [9.17, 15) is 13.5 Å². The lowest BCUT2D eigenvalue weighted by Crippen LogP contribution is -2.34. The molecule has 2 rings (SSSR count). The molecule has 0 amide bonds. The van der Waals surface area contributed by atoms with Crippen molar-refractivity contribution < 1.29 is 18.3 Å². The van der Waals surface area contributed by atoms with Crippen LogP contribution in [0.25, 0.3) is 0 Å². The highest BCUT2D eigenvalue weighted by atomic mass is 32.2. The summed E-state index contributed by atoms with van der Waals surface area (Å²) in [4.78, 5) is 0.226. The molecule has 5 nitrogen and oxygen atoms in total. The second kappa shape index (κ2) is 6.87. The molecular formula is C15H23NO4S. The molecule has 0 bridgehead atoms. The molecule has 1 aliphatic heterocycles. The molecule has 0 spiro atoms. The van der Waals surface area contributed by atoms with E-state index in [1.54, 1.807) is 25.2 Å². The van der Waals surface area contributed by atoms with Gasteiger partial charge < -0.3 is 9.84 Å². The van der Waals surface area contributed by atoms with E-state index in [1.807, 2.05) is 6.92 Å². The second-order valence-electron chi connectivity index (χ2n) is 5.36. The highest BCUT2D eigenvalue weighted by molar-refractivity contribution is 7.89. The minimum Gasteiger partial charge on any atom is -0.392 e. The van der Waals surface area contributed by atoms with Crippen molar-refractivity contribution >= 4 is 10.0 Å². The molecule has 118 valence electrons. The lowest BCUT2D eigenvalue weighted by Gasteiger charge is -2.21. The number of rotatable bonds is 6. The van der Waals surface area contributed by atoms with Crippen molar-refractivity contribution in [2.75, 3.05) is 20.2 Å². The Morgan fingerprint density at radius 3 is 2.71 bits per heavy atom. The summed E-state index contributed by atoms with van der Waals surface area (Å²) in [6, 6.07) is 4.96. The molecule has 1 atom stereocenters. The Morgan fingerprint density at radius 1 is 1.38 bits per heavy atom. The van der Waals surface area contributed by atoms with Crippen LogP contribution >= 0.6 is 0 Å². The molecule has 1 fully saturated rings. The van der Waals surface area contributed by atoms with Gasteiger partial charge in [0.15, 0.2) is 0 Å². The molecule has 0 saturated carbocycles. The largest absolute Gasteiger partial charge is 0.392 e. The quantitative estimate of drug-likeness (QED) is 0.865. The number of nitrogens with zero attached hydrogens (tertiary/aromatic N) is 1. The average Bonchev–Trinajstić information content (AvgIpc) is 2.99. The van der Waals surface area contributed by atoms with Crippen molar-refractivity contribution in [2.45, 2.75) is 43.8 Å². The zero-order valence-corrected chi connectivity index (χ0v) is 13.4. The molecule has 1 N–H and O–H groups in total. The fourth-order valence-corrected chi connectivity index (χ4v) is 3.86. The van der Waals surface area contributed by atoms with E-state index < -0.39 is 10.0 Å². The van der Waals surface area contributed by atoms with Crippen molar-refractivity contribution in [3.05, 3.63) is 29.3 Å². The van der Waals surface area contributed by atoms with Crippen molar-refractivity contribution in [1.29, 1.82) is 0 Å². The van der Waals surface area contributed by atoms with Gasteiger partial charge in [0.2, 0.25) is 10.0 Å². The summed E-state index contributed by atoms with van der Waals surface area (Å²) in [6.07, 6.45) is 2.63. The Balaban J connectivity index is 2.21. The van der Waals surface area contributed by atoms with Gasteiger partial charge in [0, 0.05) is 20.2 Å². The monoisotopic (exact) mass is 313 g/mol. The van der Waals surface area contributed by atoms with Crippen LogP contribution in [0, 0.1) is 0 Å². The minimum atomic E-state index is -3.54. The zero-order chi connectivity index (χ0) is 15.5. The first-order valence-electron chi connectivity index (χ1n) is 7.29. The van der Waals surface area contributed by atoms with E-state index in [2.05, 4.69) is 0 Å². The number of benzene rings is 1. The maximum atomic E-state index is 12.6. The molecule has 21 heavy (non-hydrogen) atoms. The maximum absolute atomic E-state index is 12.6. The van der Waals surface area contributed by atoms with Crippen LogP contribution in [0.15, 0.2) is 23.1 Å². The SMILES string of the molecule is CCc1ccc(S(=O)(=O)N(C)CC2CCCO2)cc1CO. The number of ether oxygens (including phenoxy) is 1. The average molecular weight is 313 g/mol.